The Morgan fingerprint density at radius 2 is 2.22 bits per heavy atom. The number of rotatable bonds is 4. The Hall–Kier alpha value is -1.34. The average molecular weight is 328 g/mol. The van der Waals surface area contributed by atoms with E-state index in [9.17, 15) is 4.79 Å². The number of benzene rings is 1. The third kappa shape index (κ3) is 3.58. The van der Waals surface area contributed by atoms with Gasteiger partial charge in [-0.1, -0.05) is 23.9 Å². The Morgan fingerprint density at radius 3 is 2.89 bits per heavy atom. The van der Waals surface area contributed by atoms with Gasteiger partial charge >= 0.3 is 0 Å². The molecule has 0 atom stereocenters. The van der Waals surface area contributed by atoms with Crippen LogP contribution >= 0.6 is 27.7 Å². The molecule has 0 aliphatic rings. The first-order chi connectivity index (χ1) is 8.65. The lowest BCUT2D eigenvalue weighted by atomic mass is 10.3. The van der Waals surface area contributed by atoms with E-state index in [1.165, 1.54) is 11.8 Å². The second-order valence-corrected chi connectivity index (χ2v) is 5.18. The predicted molar refractivity (Wildman–Crippen MR) is 72.5 cm³/mol. The minimum atomic E-state index is -0.122. The zero-order valence-electron chi connectivity index (χ0n) is 9.51. The minimum Gasteiger partial charge on any atom is -0.416 e. The van der Waals surface area contributed by atoms with Crippen LogP contribution < -0.4 is 5.32 Å². The lowest BCUT2D eigenvalue weighted by molar-refractivity contribution is -0.113. The summed E-state index contributed by atoms with van der Waals surface area (Å²) in [4.78, 5) is 11.7. The van der Waals surface area contributed by atoms with E-state index in [1.54, 1.807) is 6.92 Å². The topological polar surface area (TPSA) is 68.0 Å². The van der Waals surface area contributed by atoms with E-state index < -0.39 is 0 Å². The van der Waals surface area contributed by atoms with E-state index in [0.29, 0.717) is 11.1 Å². The Bertz CT molecular complexity index is 559. The van der Waals surface area contributed by atoms with Crippen molar-refractivity contribution < 1.29 is 9.21 Å². The lowest BCUT2D eigenvalue weighted by Gasteiger charge is -2.05. The summed E-state index contributed by atoms with van der Waals surface area (Å²) in [6.45, 7) is 1.71. The quantitative estimate of drug-likeness (QED) is 0.874. The van der Waals surface area contributed by atoms with Crippen molar-refractivity contribution in [2.24, 2.45) is 0 Å². The number of hydrogen-bond acceptors (Lipinski definition) is 5. The molecular formula is C11H10BrN3O2S. The Kier molecular flexibility index (Phi) is 4.38. The molecule has 0 radical (unpaired) electrons. The van der Waals surface area contributed by atoms with Crippen LogP contribution in [-0.4, -0.2) is 21.9 Å². The first-order valence-electron chi connectivity index (χ1n) is 5.12. The van der Waals surface area contributed by atoms with Gasteiger partial charge in [0.15, 0.2) is 0 Å². The zero-order chi connectivity index (χ0) is 13.0. The van der Waals surface area contributed by atoms with Crippen LogP contribution in [0.5, 0.6) is 0 Å². The van der Waals surface area contributed by atoms with Gasteiger partial charge in [-0.15, -0.1) is 10.2 Å². The molecule has 5 nitrogen and oxygen atoms in total. The molecule has 18 heavy (non-hydrogen) atoms. The number of aromatic nitrogens is 2. The van der Waals surface area contributed by atoms with Gasteiger partial charge in [0.2, 0.25) is 11.8 Å². The van der Waals surface area contributed by atoms with E-state index in [4.69, 9.17) is 4.42 Å². The SMILES string of the molecule is Cc1nnc(SCC(=O)Nc2ccccc2Br)o1. The first-order valence-corrected chi connectivity index (χ1v) is 6.90. The normalized spacial score (nSPS) is 10.3. The maximum atomic E-state index is 11.7. The second-order valence-electron chi connectivity index (χ2n) is 3.40. The molecule has 94 valence electrons. The molecule has 0 unspecified atom stereocenters. The van der Waals surface area contributed by atoms with Crippen LogP contribution in [0.25, 0.3) is 0 Å². The van der Waals surface area contributed by atoms with Crippen molar-refractivity contribution in [2.75, 3.05) is 11.1 Å². The average Bonchev–Trinajstić information content (AvgIpc) is 2.76. The maximum Gasteiger partial charge on any atom is 0.277 e. The van der Waals surface area contributed by atoms with Crippen molar-refractivity contribution in [3.05, 3.63) is 34.6 Å². The van der Waals surface area contributed by atoms with E-state index >= 15 is 0 Å². The van der Waals surface area contributed by atoms with Gasteiger partial charge in [-0.05, 0) is 28.1 Å². The van der Waals surface area contributed by atoms with Gasteiger partial charge in [-0.2, -0.15) is 0 Å². The molecule has 1 aromatic heterocycles. The number of para-hydroxylation sites is 1. The number of thioether (sulfide) groups is 1. The van der Waals surface area contributed by atoms with Crippen LogP contribution in [0.3, 0.4) is 0 Å². The predicted octanol–water partition coefficient (Wildman–Crippen LogP) is 2.87. The summed E-state index contributed by atoms with van der Waals surface area (Å²) in [5, 5.41) is 10.7. The molecule has 0 saturated heterocycles. The Morgan fingerprint density at radius 1 is 1.44 bits per heavy atom. The third-order valence-electron chi connectivity index (χ3n) is 1.98. The summed E-state index contributed by atoms with van der Waals surface area (Å²) in [6, 6.07) is 7.43. The highest BCUT2D eigenvalue weighted by Crippen LogP contribution is 2.22. The van der Waals surface area contributed by atoms with Crippen LogP contribution in [-0.2, 0) is 4.79 Å². The van der Waals surface area contributed by atoms with Crippen molar-refractivity contribution in [2.45, 2.75) is 12.1 Å². The van der Waals surface area contributed by atoms with Crippen LogP contribution in [0.15, 0.2) is 38.4 Å². The number of halogens is 1. The van der Waals surface area contributed by atoms with Crippen molar-refractivity contribution in [3.8, 4) is 0 Å². The fraction of sp³-hybridized carbons (Fsp3) is 0.182. The summed E-state index contributed by atoms with van der Waals surface area (Å²) in [5.41, 5.74) is 0.741. The van der Waals surface area contributed by atoms with Gasteiger partial charge in [0, 0.05) is 11.4 Å². The molecular weight excluding hydrogens is 318 g/mol. The fourth-order valence-electron chi connectivity index (χ4n) is 1.21. The molecule has 7 heteroatoms. The van der Waals surface area contributed by atoms with Gasteiger partial charge in [0.1, 0.15) is 0 Å². The first kappa shape index (κ1) is 13.1. The third-order valence-corrected chi connectivity index (χ3v) is 3.49. The molecule has 0 aliphatic heterocycles. The molecule has 0 fully saturated rings. The van der Waals surface area contributed by atoms with Crippen molar-refractivity contribution in [1.82, 2.24) is 10.2 Å². The molecule has 2 rings (SSSR count). The number of anilines is 1. The van der Waals surface area contributed by atoms with E-state index in [1.807, 2.05) is 24.3 Å². The summed E-state index contributed by atoms with van der Waals surface area (Å²) >= 11 is 4.57. The Labute approximate surface area is 116 Å². The van der Waals surface area contributed by atoms with E-state index in [-0.39, 0.29) is 11.7 Å². The zero-order valence-corrected chi connectivity index (χ0v) is 11.9. The van der Waals surface area contributed by atoms with Gasteiger partial charge in [0.05, 0.1) is 11.4 Å². The van der Waals surface area contributed by atoms with Crippen molar-refractivity contribution >= 4 is 39.3 Å². The molecule has 1 N–H and O–H groups in total. The molecule has 0 aliphatic carbocycles. The van der Waals surface area contributed by atoms with Gasteiger partial charge in [0.25, 0.3) is 5.22 Å². The number of carbonyl (C=O) groups excluding carboxylic acids is 1. The summed E-state index contributed by atoms with van der Waals surface area (Å²) in [7, 11) is 0. The van der Waals surface area contributed by atoms with Crippen molar-refractivity contribution in [1.29, 1.82) is 0 Å². The highest BCUT2D eigenvalue weighted by Gasteiger charge is 2.09. The van der Waals surface area contributed by atoms with Gasteiger partial charge < -0.3 is 9.73 Å². The van der Waals surface area contributed by atoms with E-state index in [0.717, 1.165) is 10.2 Å². The number of hydrogen-bond donors (Lipinski definition) is 1. The monoisotopic (exact) mass is 327 g/mol. The van der Waals surface area contributed by atoms with Crippen LogP contribution in [0.2, 0.25) is 0 Å². The van der Waals surface area contributed by atoms with Crippen LogP contribution in [0, 0.1) is 6.92 Å². The fourth-order valence-corrected chi connectivity index (χ4v) is 2.20. The second kappa shape index (κ2) is 6.01. The number of amides is 1. The summed E-state index contributed by atoms with van der Waals surface area (Å²) < 4.78 is 6.00. The number of nitrogens with one attached hydrogen (secondary N) is 1. The van der Waals surface area contributed by atoms with Gasteiger partial charge in [-0.25, -0.2) is 0 Å². The molecule has 1 amide bonds. The minimum absolute atomic E-state index is 0.122. The molecule has 2 aromatic rings. The number of nitrogens with zero attached hydrogens (tertiary/aromatic N) is 2. The standard InChI is InChI=1S/C11H10BrN3O2S/c1-7-14-15-11(17-7)18-6-10(16)13-9-5-3-2-4-8(9)12/h2-5H,6H2,1H3,(H,13,16). The van der Waals surface area contributed by atoms with Crippen LogP contribution in [0.1, 0.15) is 5.89 Å². The largest absolute Gasteiger partial charge is 0.416 e. The highest BCUT2D eigenvalue weighted by atomic mass is 79.9. The molecule has 1 aromatic carbocycles. The van der Waals surface area contributed by atoms with Gasteiger partial charge in [-0.3, -0.25) is 4.79 Å². The summed E-state index contributed by atoms with van der Waals surface area (Å²) in [5.74, 6) is 0.592. The highest BCUT2D eigenvalue weighted by molar-refractivity contribution is 9.10. The molecule has 0 saturated carbocycles. The number of carbonyl (C=O) groups is 1. The molecule has 0 bridgehead atoms. The van der Waals surface area contributed by atoms with E-state index in [2.05, 4.69) is 31.4 Å². The lowest BCUT2D eigenvalue weighted by Crippen LogP contribution is -2.14. The maximum absolute atomic E-state index is 11.7. The van der Waals surface area contributed by atoms with Crippen LogP contribution in [0.4, 0.5) is 5.69 Å². The summed E-state index contributed by atoms with van der Waals surface area (Å²) in [6.07, 6.45) is 0. The Balaban J connectivity index is 1.88. The molecule has 1 heterocycles. The smallest absolute Gasteiger partial charge is 0.277 e. The molecule has 0 spiro atoms. The van der Waals surface area contributed by atoms with Crippen molar-refractivity contribution in [3.63, 3.8) is 0 Å². The number of aryl methyl sites for hydroxylation is 1.